The summed E-state index contributed by atoms with van der Waals surface area (Å²) in [4.78, 5) is 6.74. The van der Waals surface area contributed by atoms with Crippen LogP contribution in [0.25, 0.3) is 0 Å². The molecule has 0 spiro atoms. The maximum atomic E-state index is 6.08. The summed E-state index contributed by atoms with van der Waals surface area (Å²) in [5, 5.41) is 0. The zero-order chi connectivity index (χ0) is 17.8. The number of ether oxygens (including phenoxy) is 4. The fraction of sp³-hybridized carbons (Fsp3) is 0.450. The van der Waals surface area contributed by atoms with Gasteiger partial charge in [-0.1, -0.05) is 6.07 Å². The van der Waals surface area contributed by atoms with Crippen LogP contribution < -0.4 is 14.2 Å². The van der Waals surface area contributed by atoms with Gasteiger partial charge in [-0.05, 0) is 49.2 Å². The van der Waals surface area contributed by atoms with Gasteiger partial charge in [0.15, 0.2) is 11.5 Å². The molecule has 0 radical (unpaired) electrons. The van der Waals surface area contributed by atoms with Gasteiger partial charge in [0.2, 0.25) is 12.5 Å². The normalized spacial score (nSPS) is 19.5. The Morgan fingerprint density at radius 1 is 1.27 bits per heavy atom. The molecule has 2 aliphatic heterocycles. The summed E-state index contributed by atoms with van der Waals surface area (Å²) < 4.78 is 22.5. The molecule has 6 nitrogen and oxygen atoms in total. The van der Waals surface area contributed by atoms with Crippen LogP contribution in [0, 0.1) is 0 Å². The minimum absolute atomic E-state index is 0.238. The summed E-state index contributed by atoms with van der Waals surface area (Å²) in [6.45, 7) is 3.65. The van der Waals surface area contributed by atoms with E-state index in [0.717, 1.165) is 55.2 Å². The van der Waals surface area contributed by atoms with Gasteiger partial charge in [0.1, 0.15) is 0 Å². The smallest absolute Gasteiger partial charge is 0.231 e. The molecule has 4 rings (SSSR count). The van der Waals surface area contributed by atoms with Crippen molar-refractivity contribution < 1.29 is 18.9 Å². The quantitative estimate of drug-likeness (QED) is 0.793. The van der Waals surface area contributed by atoms with Gasteiger partial charge in [-0.2, -0.15) is 0 Å². The highest BCUT2D eigenvalue weighted by Crippen LogP contribution is 2.42. The van der Waals surface area contributed by atoms with Gasteiger partial charge in [0.25, 0.3) is 0 Å². The second-order valence-electron chi connectivity index (χ2n) is 6.66. The van der Waals surface area contributed by atoms with Crippen LogP contribution in [0.4, 0.5) is 0 Å². The molecule has 0 saturated carbocycles. The first-order chi connectivity index (χ1) is 12.8. The first-order valence-electron chi connectivity index (χ1n) is 9.02. The van der Waals surface area contributed by atoms with E-state index in [1.54, 1.807) is 13.3 Å². The minimum atomic E-state index is 0.238. The monoisotopic (exact) mass is 356 g/mol. The molecule has 1 saturated heterocycles. The Balaban J connectivity index is 1.36. The third kappa shape index (κ3) is 3.92. The van der Waals surface area contributed by atoms with Crippen LogP contribution in [0.2, 0.25) is 0 Å². The number of likely N-dealkylation sites (tertiary alicyclic amines) is 1. The van der Waals surface area contributed by atoms with Crippen LogP contribution in [-0.2, 0) is 17.9 Å². The number of piperidine rings is 1. The molecule has 2 aliphatic rings. The standard InChI is InChI=1S/C20H24N2O4/c1-23-18-9-15(10-19-20(18)26-14-25-19)11-22-8-4-6-17(12-22)24-13-16-5-2-3-7-21-16/h2-3,5,7,9-10,17H,4,6,8,11-14H2,1H3. The maximum absolute atomic E-state index is 6.08. The van der Waals surface area contributed by atoms with E-state index in [1.807, 2.05) is 30.3 Å². The van der Waals surface area contributed by atoms with Crippen LogP contribution >= 0.6 is 0 Å². The zero-order valence-corrected chi connectivity index (χ0v) is 15.0. The molecule has 0 bridgehead atoms. The summed E-state index contributed by atoms with van der Waals surface area (Å²) in [7, 11) is 1.66. The van der Waals surface area contributed by atoms with Gasteiger partial charge >= 0.3 is 0 Å². The summed E-state index contributed by atoms with van der Waals surface area (Å²) in [6, 6.07) is 9.99. The summed E-state index contributed by atoms with van der Waals surface area (Å²) >= 11 is 0. The lowest BCUT2D eigenvalue weighted by Gasteiger charge is -2.32. The Labute approximate surface area is 153 Å². The van der Waals surface area contributed by atoms with E-state index < -0.39 is 0 Å². The highest BCUT2D eigenvalue weighted by Gasteiger charge is 2.24. The molecular weight excluding hydrogens is 332 g/mol. The van der Waals surface area contributed by atoms with Crippen LogP contribution in [0.3, 0.4) is 0 Å². The molecule has 1 atom stereocenters. The summed E-state index contributed by atoms with van der Waals surface area (Å²) in [5.74, 6) is 2.20. The highest BCUT2D eigenvalue weighted by molar-refractivity contribution is 5.55. The number of fused-ring (bicyclic) bond motifs is 1. The molecule has 0 amide bonds. The Hall–Kier alpha value is -2.31. The average molecular weight is 356 g/mol. The topological polar surface area (TPSA) is 53.1 Å². The number of nitrogens with zero attached hydrogens (tertiary/aromatic N) is 2. The molecule has 1 fully saturated rings. The molecule has 6 heteroatoms. The molecule has 1 aromatic heterocycles. The van der Waals surface area contributed by atoms with Gasteiger partial charge in [-0.15, -0.1) is 0 Å². The lowest BCUT2D eigenvalue weighted by atomic mass is 10.1. The SMILES string of the molecule is COc1cc(CN2CCCC(OCc3ccccn3)C2)cc2c1OCO2. The fourth-order valence-electron chi connectivity index (χ4n) is 3.51. The molecule has 0 aliphatic carbocycles. The van der Waals surface area contributed by atoms with Crippen LogP contribution in [0.1, 0.15) is 24.1 Å². The lowest BCUT2D eigenvalue weighted by molar-refractivity contribution is -0.0132. The first kappa shape index (κ1) is 17.1. The maximum Gasteiger partial charge on any atom is 0.231 e. The first-order valence-corrected chi connectivity index (χ1v) is 9.02. The molecule has 26 heavy (non-hydrogen) atoms. The summed E-state index contributed by atoms with van der Waals surface area (Å²) in [5.41, 5.74) is 2.14. The Morgan fingerprint density at radius 2 is 2.23 bits per heavy atom. The van der Waals surface area contributed by atoms with Crippen molar-refractivity contribution in [3.8, 4) is 17.2 Å². The van der Waals surface area contributed by atoms with Crippen molar-refractivity contribution in [2.75, 3.05) is 27.0 Å². The van der Waals surface area contributed by atoms with E-state index in [2.05, 4.69) is 9.88 Å². The predicted octanol–water partition coefficient (Wildman–Crippen LogP) is 3.00. The van der Waals surface area contributed by atoms with Crippen molar-refractivity contribution >= 4 is 0 Å². The van der Waals surface area contributed by atoms with Gasteiger partial charge in [0, 0.05) is 19.3 Å². The highest BCUT2D eigenvalue weighted by atomic mass is 16.7. The van der Waals surface area contributed by atoms with Crippen molar-refractivity contribution in [3.63, 3.8) is 0 Å². The fourth-order valence-corrected chi connectivity index (χ4v) is 3.51. The molecule has 1 aromatic carbocycles. The van der Waals surface area contributed by atoms with Crippen LogP contribution in [0.15, 0.2) is 36.5 Å². The molecule has 3 heterocycles. The van der Waals surface area contributed by atoms with E-state index >= 15 is 0 Å². The number of benzene rings is 1. The molecular formula is C20H24N2O4. The van der Waals surface area contributed by atoms with Gasteiger partial charge in [-0.25, -0.2) is 0 Å². The van der Waals surface area contributed by atoms with Crippen molar-refractivity contribution in [1.82, 2.24) is 9.88 Å². The third-order valence-corrected chi connectivity index (χ3v) is 4.78. The predicted molar refractivity (Wildman–Crippen MR) is 96.4 cm³/mol. The van der Waals surface area contributed by atoms with E-state index in [-0.39, 0.29) is 12.9 Å². The van der Waals surface area contributed by atoms with E-state index in [9.17, 15) is 0 Å². The molecule has 138 valence electrons. The second kappa shape index (κ2) is 7.93. The summed E-state index contributed by atoms with van der Waals surface area (Å²) in [6.07, 6.45) is 4.27. The lowest BCUT2D eigenvalue weighted by Crippen LogP contribution is -2.39. The Kier molecular flexibility index (Phi) is 5.22. The Morgan fingerprint density at radius 3 is 3.08 bits per heavy atom. The van der Waals surface area contributed by atoms with Crippen molar-refractivity contribution in [2.24, 2.45) is 0 Å². The average Bonchev–Trinajstić information content (AvgIpc) is 3.15. The van der Waals surface area contributed by atoms with E-state index in [1.165, 1.54) is 0 Å². The van der Waals surface area contributed by atoms with E-state index in [0.29, 0.717) is 12.4 Å². The number of aromatic nitrogens is 1. The van der Waals surface area contributed by atoms with Gasteiger partial charge in [0.05, 0.1) is 25.5 Å². The molecule has 1 unspecified atom stereocenters. The van der Waals surface area contributed by atoms with E-state index in [4.69, 9.17) is 18.9 Å². The van der Waals surface area contributed by atoms with Crippen LogP contribution in [0.5, 0.6) is 17.2 Å². The number of hydrogen-bond donors (Lipinski definition) is 0. The second-order valence-corrected chi connectivity index (χ2v) is 6.66. The van der Waals surface area contributed by atoms with Gasteiger partial charge in [-0.3, -0.25) is 9.88 Å². The zero-order valence-electron chi connectivity index (χ0n) is 15.0. The minimum Gasteiger partial charge on any atom is -0.493 e. The third-order valence-electron chi connectivity index (χ3n) is 4.78. The number of rotatable bonds is 6. The Bertz CT molecular complexity index is 738. The van der Waals surface area contributed by atoms with Crippen molar-refractivity contribution in [2.45, 2.75) is 32.1 Å². The largest absolute Gasteiger partial charge is 0.493 e. The number of hydrogen-bond acceptors (Lipinski definition) is 6. The molecule has 2 aromatic rings. The number of pyridine rings is 1. The van der Waals surface area contributed by atoms with Crippen LogP contribution in [-0.4, -0.2) is 43.0 Å². The van der Waals surface area contributed by atoms with Crippen molar-refractivity contribution in [3.05, 3.63) is 47.8 Å². The van der Waals surface area contributed by atoms with Gasteiger partial charge < -0.3 is 18.9 Å². The van der Waals surface area contributed by atoms with Crippen molar-refractivity contribution in [1.29, 1.82) is 0 Å². The number of methoxy groups -OCH3 is 1. The molecule has 0 N–H and O–H groups in total.